The molecule has 1 heterocycles. The summed E-state index contributed by atoms with van der Waals surface area (Å²) < 4.78 is 28.4. The molecule has 1 aromatic heterocycles. The van der Waals surface area contributed by atoms with Crippen LogP contribution in [0.5, 0.6) is 0 Å². The van der Waals surface area contributed by atoms with Gasteiger partial charge in [0.15, 0.2) is 0 Å². The van der Waals surface area contributed by atoms with Crippen molar-refractivity contribution in [3.8, 4) is 0 Å². The zero-order chi connectivity index (χ0) is 18.9. The van der Waals surface area contributed by atoms with Crippen molar-refractivity contribution in [3.05, 3.63) is 58.9 Å². The first kappa shape index (κ1) is 18.3. The fraction of sp³-hybridized carbons (Fsp3) is 0.176. The summed E-state index contributed by atoms with van der Waals surface area (Å²) in [6, 6.07) is 13.7. The average Bonchev–Trinajstić information content (AvgIpc) is 2.96. The van der Waals surface area contributed by atoms with Crippen LogP contribution in [0.4, 0.5) is 0 Å². The summed E-state index contributed by atoms with van der Waals surface area (Å²) in [6.45, 7) is 0. The van der Waals surface area contributed by atoms with E-state index >= 15 is 0 Å². The number of nitrogens with one attached hydrogen (secondary N) is 1. The lowest BCUT2D eigenvalue weighted by Crippen LogP contribution is -2.25. The Hall–Kier alpha value is -2.49. The molecule has 0 aliphatic heterocycles. The van der Waals surface area contributed by atoms with E-state index in [1.807, 2.05) is 35.9 Å². The molecule has 9 heteroatoms. The van der Waals surface area contributed by atoms with Crippen molar-refractivity contribution >= 4 is 37.5 Å². The molecule has 0 spiro atoms. The zero-order valence-corrected chi connectivity index (χ0v) is 16.1. The second-order valence-corrected chi connectivity index (χ2v) is 8.94. The van der Waals surface area contributed by atoms with Crippen LogP contribution in [0.3, 0.4) is 0 Å². The van der Waals surface area contributed by atoms with Crippen molar-refractivity contribution in [3.63, 3.8) is 0 Å². The minimum atomic E-state index is -3.60. The van der Waals surface area contributed by atoms with E-state index in [0.717, 1.165) is 14.5 Å². The van der Waals surface area contributed by atoms with Crippen LogP contribution < -0.4 is 10.2 Å². The molecule has 7 nitrogen and oxygen atoms in total. The van der Waals surface area contributed by atoms with Gasteiger partial charge in [0.25, 0.3) is 5.91 Å². The van der Waals surface area contributed by atoms with Gasteiger partial charge in [-0.15, -0.1) is 5.10 Å². The Morgan fingerprint density at radius 3 is 2.58 bits per heavy atom. The molecule has 0 radical (unpaired) electrons. The van der Waals surface area contributed by atoms with Crippen molar-refractivity contribution < 1.29 is 13.2 Å². The summed E-state index contributed by atoms with van der Waals surface area (Å²) in [7, 11) is 1.15. The van der Waals surface area contributed by atoms with Crippen LogP contribution in [-0.4, -0.2) is 37.3 Å². The number of carbonyl (C=O) groups is 1. The number of fused-ring (bicyclic) bond motifs is 1. The number of nitrogens with zero attached hydrogens (tertiary/aromatic N) is 3. The number of hydrogen-bond donors (Lipinski definition) is 1. The zero-order valence-electron chi connectivity index (χ0n) is 14.5. The molecule has 136 valence electrons. The molecular weight excluding hydrogens is 372 g/mol. The van der Waals surface area contributed by atoms with Gasteiger partial charge in [-0.3, -0.25) is 4.79 Å². The Kier molecular flexibility index (Phi) is 4.94. The van der Waals surface area contributed by atoms with Crippen molar-refractivity contribution in [1.82, 2.24) is 14.3 Å². The minimum absolute atomic E-state index is 0.0579. The predicted molar refractivity (Wildman–Crippen MR) is 101 cm³/mol. The van der Waals surface area contributed by atoms with Gasteiger partial charge in [0, 0.05) is 26.7 Å². The number of sulfonamides is 1. The second kappa shape index (κ2) is 7.02. The third-order valence-electron chi connectivity index (χ3n) is 3.84. The lowest BCUT2D eigenvalue weighted by Gasteiger charge is -2.11. The van der Waals surface area contributed by atoms with Gasteiger partial charge in [-0.1, -0.05) is 29.5 Å². The highest BCUT2D eigenvalue weighted by Crippen LogP contribution is 2.16. The van der Waals surface area contributed by atoms with Crippen LogP contribution in [0.1, 0.15) is 10.4 Å². The number of amides is 1. The maximum absolute atomic E-state index is 12.4. The standard InChI is InChI=1S/C17H18N4O3S2/c1-20(2)26(23,24)13-8-6-7-12(11-13)16(22)18-19-17-21(3)14-9-4-5-10-15(14)25-17/h4-11H,1-3H3,(H,18,22)/b19-17+. The number of aryl methyl sites for hydroxylation is 1. The number of benzene rings is 2. The van der Waals surface area contributed by atoms with Crippen molar-refractivity contribution in [1.29, 1.82) is 0 Å². The Morgan fingerprint density at radius 1 is 1.15 bits per heavy atom. The largest absolute Gasteiger partial charge is 0.318 e. The van der Waals surface area contributed by atoms with Gasteiger partial charge in [-0.2, -0.15) is 0 Å². The van der Waals surface area contributed by atoms with Crippen LogP contribution >= 0.6 is 11.3 Å². The molecule has 3 aromatic rings. The number of thiazole rings is 1. The number of aromatic nitrogens is 1. The summed E-state index contributed by atoms with van der Waals surface area (Å²) in [6.07, 6.45) is 0. The van der Waals surface area contributed by atoms with Gasteiger partial charge in [-0.25, -0.2) is 18.1 Å². The molecule has 1 amide bonds. The summed E-state index contributed by atoms with van der Waals surface area (Å²) in [5, 5.41) is 4.17. The quantitative estimate of drug-likeness (QED) is 0.689. The van der Waals surface area contributed by atoms with E-state index in [0.29, 0.717) is 4.80 Å². The van der Waals surface area contributed by atoms with Gasteiger partial charge in [0.05, 0.1) is 15.1 Å². The second-order valence-electron chi connectivity index (χ2n) is 5.78. The van der Waals surface area contributed by atoms with E-state index < -0.39 is 15.9 Å². The Bertz CT molecular complexity index is 1140. The highest BCUT2D eigenvalue weighted by Gasteiger charge is 2.18. The maximum Gasteiger partial charge on any atom is 0.271 e. The monoisotopic (exact) mass is 390 g/mol. The summed E-state index contributed by atoms with van der Waals surface area (Å²) >= 11 is 1.45. The van der Waals surface area contributed by atoms with Crippen LogP contribution in [0.25, 0.3) is 10.2 Å². The Labute approximate surface area is 155 Å². The van der Waals surface area contributed by atoms with Crippen molar-refractivity contribution in [2.75, 3.05) is 14.1 Å². The predicted octanol–water partition coefficient (Wildman–Crippen LogP) is 1.74. The first-order valence-electron chi connectivity index (χ1n) is 7.72. The number of hydrogen-bond acceptors (Lipinski definition) is 5. The highest BCUT2D eigenvalue weighted by molar-refractivity contribution is 7.89. The van der Waals surface area contributed by atoms with Crippen molar-refractivity contribution in [2.45, 2.75) is 4.90 Å². The normalized spacial score (nSPS) is 12.7. The number of para-hydroxylation sites is 1. The Balaban J connectivity index is 1.90. The summed E-state index contributed by atoms with van der Waals surface area (Å²) in [4.78, 5) is 13.1. The van der Waals surface area contributed by atoms with Gasteiger partial charge in [-0.05, 0) is 30.3 Å². The lowest BCUT2D eigenvalue weighted by molar-refractivity contribution is 0.0952. The van der Waals surface area contributed by atoms with Gasteiger partial charge < -0.3 is 4.57 Å². The van der Waals surface area contributed by atoms with E-state index in [1.54, 1.807) is 6.07 Å². The fourth-order valence-corrected chi connectivity index (χ4v) is 4.29. The first-order chi connectivity index (χ1) is 12.3. The molecular formula is C17H18N4O3S2. The van der Waals surface area contributed by atoms with Crippen LogP contribution in [0, 0.1) is 0 Å². The molecule has 3 rings (SSSR count). The molecule has 0 aliphatic carbocycles. The number of carbonyl (C=O) groups excluding carboxylic acids is 1. The summed E-state index contributed by atoms with van der Waals surface area (Å²) in [5.74, 6) is -0.474. The van der Waals surface area contributed by atoms with E-state index in [4.69, 9.17) is 0 Å². The molecule has 26 heavy (non-hydrogen) atoms. The summed E-state index contributed by atoms with van der Waals surface area (Å²) in [5.41, 5.74) is 3.73. The van der Waals surface area contributed by atoms with E-state index in [1.165, 1.54) is 43.6 Å². The SMILES string of the molecule is CN(C)S(=O)(=O)c1cccc(C(=O)N/N=c2/sc3ccccc3n2C)c1. The molecule has 0 unspecified atom stereocenters. The molecule has 0 saturated carbocycles. The maximum atomic E-state index is 12.4. The smallest absolute Gasteiger partial charge is 0.271 e. The van der Waals surface area contributed by atoms with Gasteiger partial charge in [0.2, 0.25) is 14.8 Å². The Morgan fingerprint density at radius 2 is 1.88 bits per heavy atom. The molecule has 0 bridgehead atoms. The number of rotatable bonds is 4. The van der Waals surface area contributed by atoms with Gasteiger partial charge in [0.1, 0.15) is 0 Å². The first-order valence-corrected chi connectivity index (χ1v) is 9.97. The van der Waals surface area contributed by atoms with Crippen LogP contribution in [0.2, 0.25) is 0 Å². The molecule has 0 atom stereocenters. The molecule has 0 saturated heterocycles. The third kappa shape index (κ3) is 3.41. The third-order valence-corrected chi connectivity index (χ3v) is 6.77. The fourth-order valence-electron chi connectivity index (χ4n) is 2.36. The molecule has 0 aliphatic rings. The van der Waals surface area contributed by atoms with E-state index in [9.17, 15) is 13.2 Å². The topological polar surface area (TPSA) is 83.8 Å². The molecule has 1 N–H and O–H groups in total. The van der Waals surface area contributed by atoms with Crippen LogP contribution in [-0.2, 0) is 17.1 Å². The minimum Gasteiger partial charge on any atom is -0.318 e. The van der Waals surface area contributed by atoms with E-state index in [2.05, 4.69) is 10.5 Å². The highest BCUT2D eigenvalue weighted by atomic mass is 32.2. The van der Waals surface area contributed by atoms with E-state index in [-0.39, 0.29) is 10.5 Å². The van der Waals surface area contributed by atoms with Crippen LogP contribution in [0.15, 0.2) is 58.5 Å². The average molecular weight is 390 g/mol. The van der Waals surface area contributed by atoms with Crippen molar-refractivity contribution in [2.24, 2.45) is 12.1 Å². The molecule has 2 aromatic carbocycles. The van der Waals surface area contributed by atoms with Gasteiger partial charge >= 0.3 is 0 Å². The molecule has 0 fully saturated rings. The lowest BCUT2D eigenvalue weighted by atomic mass is 10.2.